The van der Waals surface area contributed by atoms with Crippen LogP contribution in [0.1, 0.15) is 0 Å². The fourth-order valence-corrected chi connectivity index (χ4v) is 7.58. The van der Waals surface area contributed by atoms with Crippen LogP contribution in [0.5, 0.6) is 5.75 Å². The van der Waals surface area contributed by atoms with E-state index in [-0.39, 0.29) is 10.8 Å². The lowest BCUT2D eigenvalue weighted by atomic mass is 9.93. The van der Waals surface area contributed by atoms with E-state index in [9.17, 15) is 30.4 Å². The van der Waals surface area contributed by atoms with Crippen molar-refractivity contribution in [1.82, 2.24) is 0 Å². The third-order valence-corrected chi connectivity index (χ3v) is 7.82. The highest BCUT2D eigenvalue weighted by atomic mass is 32.2. The Balaban J connectivity index is 2.61. The second-order valence-corrected chi connectivity index (χ2v) is 11.0. The smallest absolute Gasteiger partial charge is 0.240 e. The Morgan fingerprint density at radius 3 is 1.72 bits per heavy atom. The Morgan fingerprint density at radius 1 is 0.621 bits per heavy atom. The summed E-state index contributed by atoms with van der Waals surface area (Å²) in [6, 6.07) is 8.98. The van der Waals surface area contributed by atoms with Crippen LogP contribution in [0.2, 0.25) is 0 Å². The minimum atomic E-state index is -4.97. The average Bonchev–Trinajstić information content (AvgIpc) is 2.56. The van der Waals surface area contributed by atoms with Crippen LogP contribution in [-0.4, -0.2) is 30.4 Å². The van der Waals surface area contributed by atoms with Crippen LogP contribution in [0.15, 0.2) is 51.1 Å². The van der Waals surface area contributed by atoms with Crippen LogP contribution in [0.25, 0.3) is 32.3 Å². The van der Waals surface area contributed by atoms with Crippen molar-refractivity contribution in [3.8, 4) is 5.75 Å². The molecule has 29 heavy (non-hydrogen) atoms. The van der Waals surface area contributed by atoms with Gasteiger partial charge in [-0.15, -0.1) is 0 Å². The van der Waals surface area contributed by atoms with Crippen molar-refractivity contribution in [2.24, 2.45) is 15.4 Å². The van der Waals surface area contributed by atoms with Crippen molar-refractivity contribution in [3.63, 3.8) is 0 Å². The molecule has 0 saturated carbocycles. The highest BCUT2D eigenvalue weighted by Crippen LogP contribution is 2.47. The maximum Gasteiger partial charge on any atom is 0.240 e. The third kappa shape index (κ3) is 2.82. The molecule has 0 amide bonds. The fourth-order valence-electron chi connectivity index (χ4n) is 3.71. The van der Waals surface area contributed by atoms with Crippen molar-refractivity contribution in [2.45, 2.75) is 14.7 Å². The van der Waals surface area contributed by atoms with E-state index in [1.54, 1.807) is 18.2 Å². The Hall–Kier alpha value is -2.55. The van der Waals surface area contributed by atoms with Gasteiger partial charge in [0.25, 0.3) is 0 Å². The summed E-state index contributed by atoms with van der Waals surface area (Å²) in [5.74, 6) is -0.615. The van der Waals surface area contributed by atoms with Crippen LogP contribution in [-0.2, 0) is 30.1 Å². The SMILES string of the molecule is NS(=O)(=O)c1c(S(N)(=O)=O)c2ccc3cccc4cc(O)c(c1S(N)(=O)=O)c2c34. The molecule has 4 rings (SSSR count). The number of nitrogens with two attached hydrogens (primary N) is 3. The van der Waals surface area contributed by atoms with Crippen LogP contribution < -0.4 is 15.4 Å². The number of aromatic hydroxyl groups is 1. The summed E-state index contributed by atoms with van der Waals surface area (Å²) in [5.41, 5.74) is 0. The van der Waals surface area contributed by atoms with E-state index >= 15 is 0 Å². The number of benzene rings is 4. The summed E-state index contributed by atoms with van der Waals surface area (Å²) < 4.78 is 74.1. The predicted molar refractivity (Wildman–Crippen MR) is 106 cm³/mol. The first-order valence-electron chi connectivity index (χ1n) is 7.78. The summed E-state index contributed by atoms with van der Waals surface area (Å²) in [6.07, 6.45) is 0. The lowest BCUT2D eigenvalue weighted by Crippen LogP contribution is -2.26. The summed E-state index contributed by atoms with van der Waals surface area (Å²) >= 11 is 0. The quantitative estimate of drug-likeness (QED) is 0.316. The number of phenolic OH excluding ortho intramolecular Hbond substituents is 1. The number of hydrogen-bond acceptors (Lipinski definition) is 7. The van der Waals surface area contributed by atoms with Crippen molar-refractivity contribution in [3.05, 3.63) is 36.4 Å². The predicted octanol–water partition coefficient (Wildman–Crippen LogP) is 0.232. The summed E-state index contributed by atoms with van der Waals surface area (Å²) in [6.45, 7) is 0. The Bertz CT molecular complexity index is 1680. The van der Waals surface area contributed by atoms with Gasteiger partial charge in [-0.05, 0) is 22.2 Å². The van der Waals surface area contributed by atoms with Crippen LogP contribution >= 0.6 is 0 Å². The maximum atomic E-state index is 12.4. The Labute approximate surface area is 165 Å². The van der Waals surface area contributed by atoms with Crippen LogP contribution in [0, 0.1) is 0 Å². The van der Waals surface area contributed by atoms with E-state index in [1.165, 1.54) is 18.2 Å². The molecule has 13 heteroatoms. The van der Waals surface area contributed by atoms with E-state index in [0.717, 1.165) is 0 Å². The second kappa shape index (κ2) is 5.75. The molecule has 0 spiro atoms. The number of sulfonamides is 3. The molecule has 0 radical (unpaired) electrons. The fraction of sp³-hybridized carbons (Fsp3) is 0. The maximum absolute atomic E-state index is 12.4. The van der Waals surface area contributed by atoms with Crippen molar-refractivity contribution in [1.29, 1.82) is 0 Å². The first-order chi connectivity index (χ1) is 13.2. The summed E-state index contributed by atoms with van der Waals surface area (Å²) in [7, 11) is -14.7. The van der Waals surface area contributed by atoms with Crippen molar-refractivity contribution in [2.75, 3.05) is 0 Å². The molecule has 10 nitrogen and oxygen atoms in total. The van der Waals surface area contributed by atoms with Gasteiger partial charge in [-0.3, -0.25) is 0 Å². The van der Waals surface area contributed by atoms with Gasteiger partial charge in [0.2, 0.25) is 30.1 Å². The van der Waals surface area contributed by atoms with Gasteiger partial charge < -0.3 is 5.11 Å². The molecule has 0 fully saturated rings. The number of rotatable bonds is 3. The lowest BCUT2D eigenvalue weighted by Gasteiger charge is -2.20. The highest BCUT2D eigenvalue weighted by molar-refractivity contribution is 7.94. The molecular formula is C16H13N3O7S3. The highest BCUT2D eigenvalue weighted by Gasteiger charge is 2.36. The average molecular weight is 455 g/mol. The van der Waals surface area contributed by atoms with E-state index in [0.29, 0.717) is 16.2 Å². The first-order valence-corrected chi connectivity index (χ1v) is 12.4. The molecule has 4 aromatic rings. The van der Waals surface area contributed by atoms with E-state index in [4.69, 9.17) is 15.4 Å². The zero-order valence-electron chi connectivity index (χ0n) is 14.3. The lowest BCUT2D eigenvalue weighted by molar-refractivity contribution is 0.481. The van der Waals surface area contributed by atoms with Gasteiger partial charge in [0.15, 0.2) is 0 Å². The van der Waals surface area contributed by atoms with Gasteiger partial charge in [-0.25, -0.2) is 40.7 Å². The molecule has 0 saturated heterocycles. The molecular weight excluding hydrogens is 442 g/mol. The third-order valence-electron chi connectivity index (χ3n) is 4.61. The molecule has 0 bridgehead atoms. The molecule has 152 valence electrons. The monoisotopic (exact) mass is 455 g/mol. The van der Waals surface area contributed by atoms with Gasteiger partial charge in [0.1, 0.15) is 20.4 Å². The van der Waals surface area contributed by atoms with Crippen LogP contribution in [0.3, 0.4) is 0 Å². The number of phenols is 1. The van der Waals surface area contributed by atoms with E-state index in [2.05, 4.69) is 0 Å². The summed E-state index contributed by atoms with van der Waals surface area (Å²) in [5, 5.41) is 27.0. The second-order valence-electron chi connectivity index (χ2n) is 6.46. The van der Waals surface area contributed by atoms with Crippen LogP contribution in [0.4, 0.5) is 0 Å². The topological polar surface area (TPSA) is 201 Å². The molecule has 0 atom stereocenters. The van der Waals surface area contributed by atoms with Gasteiger partial charge in [0.05, 0.1) is 0 Å². The zero-order chi connectivity index (χ0) is 21.5. The molecule has 0 aliphatic heterocycles. The Kier molecular flexibility index (Phi) is 3.91. The minimum absolute atomic E-state index is 0.0152. The van der Waals surface area contributed by atoms with Gasteiger partial charge >= 0.3 is 0 Å². The molecule has 0 unspecified atom stereocenters. The van der Waals surface area contributed by atoms with Gasteiger partial charge in [-0.2, -0.15) is 0 Å². The molecule has 0 aromatic heterocycles. The molecule has 7 N–H and O–H groups in total. The summed E-state index contributed by atoms with van der Waals surface area (Å²) in [4.78, 5) is -3.43. The van der Waals surface area contributed by atoms with Gasteiger partial charge in [0, 0.05) is 16.2 Å². The minimum Gasteiger partial charge on any atom is -0.507 e. The van der Waals surface area contributed by atoms with E-state index in [1.807, 2.05) is 0 Å². The van der Waals surface area contributed by atoms with Crippen molar-refractivity contribution >= 4 is 62.4 Å². The molecule has 0 heterocycles. The Morgan fingerprint density at radius 2 is 1.17 bits per heavy atom. The zero-order valence-corrected chi connectivity index (χ0v) is 16.8. The van der Waals surface area contributed by atoms with E-state index < -0.39 is 55.9 Å². The van der Waals surface area contributed by atoms with Gasteiger partial charge in [-0.1, -0.05) is 30.3 Å². The first kappa shape index (κ1) is 19.8. The number of primary sulfonamides is 3. The largest absolute Gasteiger partial charge is 0.507 e. The van der Waals surface area contributed by atoms with Crippen molar-refractivity contribution < 1.29 is 30.4 Å². The standard InChI is InChI=1S/C16H13N3O7S3/c17-27(21,22)14-9-5-4-7-2-1-3-8-6-10(20)13(12(9)11(7)8)15(28(18,23)24)16(14)29(19,25)26/h1-6,20H,(H2,17,21,22)(H2,18,23,24)(H2,19,25,26). The molecule has 0 aliphatic rings. The molecule has 0 aliphatic carbocycles. The number of hydrogen-bond donors (Lipinski definition) is 4. The normalized spacial score (nSPS) is 13.6. The molecule has 4 aromatic carbocycles.